The second-order valence-corrected chi connectivity index (χ2v) is 6.79. The van der Waals surface area contributed by atoms with Gasteiger partial charge >= 0.3 is 0 Å². The number of nitrogens with two attached hydrogens (primary N) is 3. The zero-order valence-corrected chi connectivity index (χ0v) is 15.0. The first-order chi connectivity index (χ1) is 12.6. The van der Waals surface area contributed by atoms with Crippen molar-refractivity contribution in [2.24, 2.45) is 0 Å². The van der Waals surface area contributed by atoms with Crippen LogP contribution in [0.15, 0.2) is 53.9 Å². The molecule has 0 amide bonds. The van der Waals surface area contributed by atoms with Crippen LogP contribution in [0.1, 0.15) is 6.42 Å². The number of hydrogen-bond acceptors (Lipinski definition) is 7. The summed E-state index contributed by atoms with van der Waals surface area (Å²) < 4.78 is 5.97. The molecule has 0 radical (unpaired) electrons. The Morgan fingerprint density at radius 3 is 2.50 bits per heavy atom. The molecule has 0 aliphatic carbocycles. The van der Waals surface area contributed by atoms with Crippen LogP contribution in [0.3, 0.4) is 0 Å². The lowest BCUT2D eigenvalue weighted by Crippen LogP contribution is -2.28. The highest BCUT2D eigenvalue weighted by Crippen LogP contribution is 2.34. The highest BCUT2D eigenvalue weighted by atomic mass is 32.1. The van der Waals surface area contributed by atoms with Crippen LogP contribution in [0.5, 0.6) is 5.75 Å². The monoisotopic (exact) mass is 370 g/mol. The van der Waals surface area contributed by atoms with E-state index in [1.54, 1.807) is 29.5 Å². The van der Waals surface area contributed by atoms with Gasteiger partial charge in [-0.25, -0.2) is 0 Å². The smallest absolute Gasteiger partial charge is 0.172 e. The van der Waals surface area contributed by atoms with Gasteiger partial charge in [0.15, 0.2) is 6.23 Å². The molecule has 0 bridgehead atoms. The highest BCUT2D eigenvalue weighted by molar-refractivity contribution is 7.13. The molecule has 0 fully saturated rings. The molecule has 0 aliphatic heterocycles. The third-order valence-corrected chi connectivity index (χ3v) is 4.74. The Labute approximate surface area is 156 Å². The molecule has 3 rings (SSSR count). The first-order valence-corrected chi connectivity index (χ1v) is 9.07. The lowest BCUT2D eigenvalue weighted by molar-refractivity contribution is 0.176. The highest BCUT2D eigenvalue weighted by Gasteiger charge is 2.15. The van der Waals surface area contributed by atoms with Crippen LogP contribution >= 0.6 is 11.3 Å². The van der Waals surface area contributed by atoms with E-state index in [2.05, 4.69) is 5.32 Å². The molecular weight excluding hydrogens is 348 g/mol. The standard InChI is InChI=1S/C19H22N4O2S/c20-12-3-5-16(14(10-12)18-2-1-9-26-18)23-19(7-8-24)25-17-6-4-13(21)11-15(17)22/h1-6,9-11,19,23-24H,7-8,20-22H2. The Kier molecular flexibility index (Phi) is 5.50. The van der Waals surface area contributed by atoms with E-state index in [0.29, 0.717) is 29.2 Å². The summed E-state index contributed by atoms with van der Waals surface area (Å²) in [5.74, 6) is 0.512. The summed E-state index contributed by atoms with van der Waals surface area (Å²) in [7, 11) is 0. The minimum absolute atomic E-state index is 0.0319. The molecule has 136 valence electrons. The van der Waals surface area contributed by atoms with Crippen LogP contribution in [0, 0.1) is 0 Å². The molecule has 0 aliphatic rings. The van der Waals surface area contributed by atoms with Crippen molar-refractivity contribution in [2.45, 2.75) is 12.6 Å². The van der Waals surface area contributed by atoms with Crippen molar-refractivity contribution < 1.29 is 9.84 Å². The van der Waals surface area contributed by atoms with E-state index in [4.69, 9.17) is 21.9 Å². The van der Waals surface area contributed by atoms with Gasteiger partial charge in [0.1, 0.15) is 5.75 Å². The van der Waals surface area contributed by atoms with Crippen molar-refractivity contribution >= 4 is 34.1 Å². The van der Waals surface area contributed by atoms with Crippen molar-refractivity contribution in [3.05, 3.63) is 53.9 Å². The Morgan fingerprint density at radius 1 is 1.04 bits per heavy atom. The molecule has 0 spiro atoms. The van der Waals surface area contributed by atoms with Gasteiger partial charge in [0, 0.05) is 40.5 Å². The normalized spacial score (nSPS) is 11.9. The number of aliphatic hydroxyl groups excluding tert-OH is 1. The summed E-state index contributed by atoms with van der Waals surface area (Å²) in [5.41, 5.74) is 21.2. The van der Waals surface area contributed by atoms with Gasteiger partial charge in [0.2, 0.25) is 0 Å². The maximum atomic E-state index is 9.41. The number of nitrogen functional groups attached to an aromatic ring is 3. The van der Waals surface area contributed by atoms with E-state index in [1.807, 2.05) is 35.7 Å². The van der Waals surface area contributed by atoms with Crippen LogP contribution < -0.4 is 27.3 Å². The van der Waals surface area contributed by atoms with Crippen molar-refractivity contribution in [3.63, 3.8) is 0 Å². The van der Waals surface area contributed by atoms with Gasteiger partial charge in [-0.05, 0) is 47.8 Å². The summed E-state index contributed by atoms with van der Waals surface area (Å²) in [4.78, 5) is 1.09. The lowest BCUT2D eigenvalue weighted by Gasteiger charge is -2.23. The number of hydrogen-bond donors (Lipinski definition) is 5. The van der Waals surface area contributed by atoms with E-state index in [-0.39, 0.29) is 6.61 Å². The quantitative estimate of drug-likeness (QED) is 0.321. The maximum absolute atomic E-state index is 9.41. The van der Waals surface area contributed by atoms with Gasteiger partial charge in [0.05, 0.1) is 5.69 Å². The average molecular weight is 370 g/mol. The molecule has 3 aromatic rings. The average Bonchev–Trinajstić information content (AvgIpc) is 3.13. The van der Waals surface area contributed by atoms with Crippen molar-refractivity contribution in [1.82, 2.24) is 0 Å². The summed E-state index contributed by atoms with van der Waals surface area (Å²) in [5, 5.41) is 14.8. The molecule has 6 nitrogen and oxygen atoms in total. The molecule has 1 heterocycles. The van der Waals surface area contributed by atoms with Crippen molar-refractivity contribution in [2.75, 3.05) is 29.1 Å². The van der Waals surface area contributed by atoms with Crippen LogP contribution in [0.2, 0.25) is 0 Å². The SMILES string of the molecule is Nc1ccc(OC(CCO)Nc2ccc(N)cc2-c2cccs2)c(N)c1. The fourth-order valence-electron chi connectivity index (χ4n) is 2.60. The Hall–Kier alpha value is -2.90. The van der Waals surface area contributed by atoms with Gasteiger partial charge in [-0.3, -0.25) is 0 Å². The van der Waals surface area contributed by atoms with Crippen molar-refractivity contribution in [3.8, 4) is 16.2 Å². The first-order valence-electron chi connectivity index (χ1n) is 8.19. The Morgan fingerprint density at radius 2 is 1.81 bits per heavy atom. The number of anilines is 4. The number of aliphatic hydroxyl groups is 1. The number of nitrogens with one attached hydrogen (secondary N) is 1. The fourth-order valence-corrected chi connectivity index (χ4v) is 3.36. The zero-order valence-electron chi connectivity index (χ0n) is 14.2. The maximum Gasteiger partial charge on any atom is 0.172 e. The van der Waals surface area contributed by atoms with Crippen molar-refractivity contribution in [1.29, 1.82) is 0 Å². The van der Waals surface area contributed by atoms with E-state index in [1.165, 1.54) is 0 Å². The molecule has 26 heavy (non-hydrogen) atoms. The molecule has 7 heteroatoms. The molecule has 8 N–H and O–H groups in total. The van der Waals surface area contributed by atoms with E-state index in [9.17, 15) is 5.11 Å². The first kappa shape index (κ1) is 17.9. The number of thiophene rings is 1. The molecule has 0 saturated carbocycles. The summed E-state index contributed by atoms with van der Waals surface area (Å²) >= 11 is 1.63. The third-order valence-electron chi connectivity index (χ3n) is 3.84. The second-order valence-electron chi connectivity index (χ2n) is 5.84. The van der Waals surface area contributed by atoms with E-state index in [0.717, 1.165) is 16.1 Å². The van der Waals surface area contributed by atoms with Gasteiger partial charge in [0.25, 0.3) is 0 Å². The summed E-state index contributed by atoms with van der Waals surface area (Å²) in [6.07, 6.45) is -0.0776. The van der Waals surface area contributed by atoms with Crippen LogP contribution in [-0.4, -0.2) is 17.9 Å². The number of rotatable bonds is 7. The summed E-state index contributed by atoms with van der Waals surface area (Å²) in [6.45, 7) is -0.0319. The van der Waals surface area contributed by atoms with Crippen LogP contribution in [0.4, 0.5) is 22.7 Å². The number of benzene rings is 2. The predicted molar refractivity (Wildman–Crippen MR) is 109 cm³/mol. The number of ether oxygens (including phenoxy) is 1. The molecule has 2 aromatic carbocycles. The van der Waals surface area contributed by atoms with Crippen LogP contribution in [0.25, 0.3) is 10.4 Å². The van der Waals surface area contributed by atoms with E-state index < -0.39 is 6.23 Å². The molecular formula is C19H22N4O2S. The molecule has 0 saturated heterocycles. The minimum Gasteiger partial charge on any atom is -0.468 e. The molecule has 1 atom stereocenters. The topological polar surface area (TPSA) is 120 Å². The van der Waals surface area contributed by atoms with Crippen LogP contribution in [-0.2, 0) is 0 Å². The largest absolute Gasteiger partial charge is 0.468 e. The van der Waals surface area contributed by atoms with E-state index >= 15 is 0 Å². The Balaban J connectivity index is 1.86. The lowest BCUT2D eigenvalue weighted by atomic mass is 10.1. The third kappa shape index (κ3) is 4.19. The minimum atomic E-state index is -0.465. The fraction of sp³-hybridized carbons (Fsp3) is 0.158. The predicted octanol–water partition coefficient (Wildman–Crippen LogP) is 3.36. The molecule has 1 unspecified atom stereocenters. The second kappa shape index (κ2) is 7.99. The molecule has 1 aromatic heterocycles. The van der Waals surface area contributed by atoms with Gasteiger partial charge < -0.3 is 32.4 Å². The zero-order chi connectivity index (χ0) is 18.5. The van der Waals surface area contributed by atoms with Gasteiger partial charge in [-0.2, -0.15) is 0 Å². The van der Waals surface area contributed by atoms with Gasteiger partial charge in [-0.15, -0.1) is 11.3 Å². The Bertz CT molecular complexity index is 868. The van der Waals surface area contributed by atoms with Gasteiger partial charge in [-0.1, -0.05) is 6.07 Å². The summed E-state index contributed by atoms with van der Waals surface area (Å²) in [6, 6.07) is 14.8.